The number of ketones is 1. The molecule has 3 aromatic rings. The van der Waals surface area contributed by atoms with Crippen LogP contribution >= 0.6 is 0 Å². The van der Waals surface area contributed by atoms with Crippen LogP contribution in [0.3, 0.4) is 0 Å². The van der Waals surface area contributed by atoms with Gasteiger partial charge < -0.3 is 18.6 Å². The van der Waals surface area contributed by atoms with E-state index < -0.39 is 6.10 Å². The Morgan fingerprint density at radius 2 is 1.83 bits per heavy atom. The molecule has 0 saturated carbocycles. The molecule has 6 heteroatoms. The van der Waals surface area contributed by atoms with Crippen LogP contribution in [0.1, 0.15) is 51.6 Å². The topological polar surface area (TPSA) is 75.0 Å². The second kappa shape index (κ2) is 6.90. The Kier molecular flexibility index (Phi) is 4.31. The summed E-state index contributed by atoms with van der Waals surface area (Å²) in [5, 5.41) is 0.758. The van der Waals surface area contributed by atoms with Gasteiger partial charge in [0.15, 0.2) is 5.78 Å². The largest absolute Gasteiger partial charge is 0.497 e. The van der Waals surface area contributed by atoms with E-state index in [0.717, 1.165) is 34.9 Å². The molecule has 1 aliphatic carbocycles. The molecule has 0 saturated heterocycles. The van der Waals surface area contributed by atoms with Gasteiger partial charge in [-0.1, -0.05) is 0 Å². The van der Waals surface area contributed by atoms with Crippen molar-refractivity contribution in [2.75, 3.05) is 14.2 Å². The Labute approximate surface area is 173 Å². The van der Waals surface area contributed by atoms with E-state index in [2.05, 4.69) is 0 Å². The molecule has 2 aliphatic rings. The van der Waals surface area contributed by atoms with Crippen LogP contribution in [0.5, 0.6) is 17.2 Å². The molecule has 5 rings (SSSR count). The van der Waals surface area contributed by atoms with Crippen LogP contribution in [0.15, 0.2) is 33.5 Å². The van der Waals surface area contributed by atoms with E-state index in [4.69, 9.17) is 18.6 Å². The first kappa shape index (κ1) is 18.7. The maximum atomic E-state index is 13.2. The molecule has 1 aliphatic heterocycles. The van der Waals surface area contributed by atoms with Crippen molar-refractivity contribution in [3.05, 3.63) is 62.5 Å². The fraction of sp³-hybridized carbons (Fsp3) is 0.333. The zero-order chi connectivity index (χ0) is 21.0. The minimum absolute atomic E-state index is 0.0106. The molecule has 0 fully saturated rings. The van der Waals surface area contributed by atoms with E-state index in [1.54, 1.807) is 26.4 Å². The summed E-state index contributed by atoms with van der Waals surface area (Å²) in [4.78, 5) is 25.6. The minimum Gasteiger partial charge on any atom is -0.497 e. The fourth-order valence-corrected chi connectivity index (χ4v) is 4.71. The molecule has 0 amide bonds. The third-order valence-corrected chi connectivity index (χ3v) is 6.11. The molecule has 0 bridgehead atoms. The van der Waals surface area contributed by atoms with E-state index in [9.17, 15) is 9.59 Å². The number of aryl methyl sites for hydroxylation is 2. The van der Waals surface area contributed by atoms with Crippen molar-refractivity contribution in [3.8, 4) is 17.2 Å². The van der Waals surface area contributed by atoms with E-state index >= 15 is 0 Å². The van der Waals surface area contributed by atoms with Crippen LogP contribution in [0, 0.1) is 6.92 Å². The van der Waals surface area contributed by atoms with Gasteiger partial charge in [0, 0.05) is 17.2 Å². The number of Topliss-reactive ketones (excluding diaryl/α,β-unsaturated/α-hetero) is 1. The van der Waals surface area contributed by atoms with Crippen molar-refractivity contribution < 1.29 is 23.4 Å². The lowest BCUT2D eigenvalue weighted by Gasteiger charge is -2.29. The van der Waals surface area contributed by atoms with Gasteiger partial charge in [-0.3, -0.25) is 4.79 Å². The smallest absolute Gasteiger partial charge is 0.339 e. The predicted octanol–water partition coefficient (Wildman–Crippen LogP) is 4.31. The molecule has 0 radical (unpaired) electrons. The SMILES string of the molecule is COc1ccc([C@H]2CC(=O)c3c(C)cc4oc(=O)c5c(c4c3O2)CCC5)c(OC)c1. The Morgan fingerprint density at radius 1 is 1.03 bits per heavy atom. The number of ether oxygens (including phenoxy) is 3. The highest BCUT2D eigenvalue weighted by molar-refractivity contribution is 6.07. The number of hydrogen-bond donors (Lipinski definition) is 0. The fourth-order valence-electron chi connectivity index (χ4n) is 4.71. The van der Waals surface area contributed by atoms with E-state index in [1.165, 1.54) is 0 Å². The van der Waals surface area contributed by atoms with Gasteiger partial charge >= 0.3 is 5.63 Å². The summed E-state index contributed by atoms with van der Waals surface area (Å²) in [5.41, 5.74) is 3.96. The quantitative estimate of drug-likeness (QED) is 0.603. The standard InChI is InChI=1S/C24H22O6/c1-12-9-20-22(14-5-4-6-15(14)24(26)30-20)23-21(12)17(25)11-19(29-23)16-8-7-13(27-2)10-18(16)28-3/h7-10,19H,4-6,11H2,1-3H3/t19-/m1/s1. The maximum Gasteiger partial charge on any atom is 0.339 e. The number of rotatable bonds is 3. The summed E-state index contributed by atoms with van der Waals surface area (Å²) >= 11 is 0. The van der Waals surface area contributed by atoms with Crippen molar-refractivity contribution in [3.63, 3.8) is 0 Å². The second-order valence-corrected chi connectivity index (χ2v) is 7.81. The third-order valence-electron chi connectivity index (χ3n) is 6.11. The first-order valence-corrected chi connectivity index (χ1v) is 10.1. The lowest BCUT2D eigenvalue weighted by molar-refractivity contribution is 0.0849. The highest BCUT2D eigenvalue weighted by Crippen LogP contribution is 2.46. The van der Waals surface area contributed by atoms with Gasteiger partial charge in [0.1, 0.15) is 28.9 Å². The van der Waals surface area contributed by atoms with Crippen LogP contribution in [0.2, 0.25) is 0 Å². The highest BCUT2D eigenvalue weighted by Gasteiger charge is 2.34. The number of fused-ring (bicyclic) bond motifs is 5. The van der Waals surface area contributed by atoms with Crippen LogP contribution in [0.4, 0.5) is 0 Å². The Bertz CT molecular complexity index is 1250. The second-order valence-electron chi connectivity index (χ2n) is 7.81. The summed E-state index contributed by atoms with van der Waals surface area (Å²) in [5.74, 6) is 1.80. The molecule has 2 aromatic carbocycles. The van der Waals surface area contributed by atoms with Crippen molar-refractivity contribution in [1.29, 1.82) is 0 Å². The van der Waals surface area contributed by atoms with Gasteiger partial charge in [0.2, 0.25) is 0 Å². The molecular formula is C24H22O6. The molecule has 1 atom stereocenters. The van der Waals surface area contributed by atoms with Gasteiger partial charge in [-0.15, -0.1) is 0 Å². The van der Waals surface area contributed by atoms with Gasteiger partial charge in [0.25, 0.3) is 0 Å². The Balaban J connectivity index is 1.72. The summed E-state index contributed by atoms with van der Waals surface area (Å²) in [6, 6.07) is 7.25. The lowest BCUT2D eigenvalue weighted by atomic mass is 9.90. The summed E-state index contributed by atoms with van der Waals surface area (Å²) < 4.78 is 22.9. The summed E-state index contributed by atoms with van der Waals surface area (Å²) in [6.45, 7) is 1.85. The highest BCUT2D eigenvalue weighted by atomic mass is 16.5. The number of benzene rings is 2. The van der Waals surface area contributed by atoms with Gasteiger partial charge in [0.05, 0.1) is 31.6 Å². The van der Waals surface area contributed by atoms with E-state index in [1.807, 2.05) is 19.1 Å². The van der Waals surface area contributed by atoms with E-state index in [0.29, 0.717) is 40.4 Å². The monoisotopic (exact) mass is 406 g/mol. The number of carbonyl (C=O) groups excluding carboxylic acids is 1. The molecule has 30 heavy (non-hydrogen) atoms. The average Bonchev–Trinajstić information content (AvgIpc) is 3.23. The molecule has 0 N–H and O–H groups in total. The maximum absolute atomic E-state index is 13.2. The Hall–Kier alpha value is -3.28. The number of methoxy groups -OCH3 is 2. The predicted molar refractivity (Wildman–Crippen MR) is 111 cm³/mol. The molecule has 154 valence electrons. The Morgan fingerprint density at radius 3 is 2.60 bits per heavy atom. The van der Waals surface area contributed by atoms with Crippen LogP contribution < -0.4 is 19.8 Å². The molecule has 1 aromatic heterocycles. The normalized spacial score (nSPS) is 17.4. The summed E-state index contributed by atoms with van der Waals surface area (Å²) in [6.07, 6.45) is 2.08. The average molecular weight is 406 g/mol. The number of carbonyl (C=O) groups is 1. The van der Waals surface area contributed by atoms with Crippen molar-refractivity contribution >= 4 is 16.8 Å². The summed E-state index contributed by atoms with van der Waals surface area (Å²) in [7, 11) is 3.17. The van der Waals surface area contributed by atoms with Crippen LogP contribution in [-0.2, 0) is 12.8 Å². The zero-order valence-corrected chi connectivity index (χ0v) is 17.2. The van der Waals surface area contributed by atoms with Crippen molar-refractivity contribution in [1.82, 2.24) is 0 Å². The zero-order valence-electron chi connectivity index (χ0n) is 17.2. The first-order chi connectivity index (χ1) is 14.5. The van der Waals surface area contributed by atoms with Crippen LogP contribution in [-0.4, -0.2) is 20.0 Å². The minimum atomic E-state index is -0.500. The molecule has 0 spiro atoms. The first-order valence-electron chi connectivity index (χ1n) is 10.1. The van der Waals surface area contributed by atoms with Gasteiger partial charge in [-0.25, -0.2) is 4.79 Å². The third kappa shape index (κ3) is 2.70. The van der Waals surface area contributed by atoms with Crippen LogP contribution in [0.25, 0.3) is 11.0 Å². The van der Waals surface area contributed by atoms with Crippen molar-refractivity contribution in [2.24, 2.45) is 0 Å². The molecular weight excluding hydrogens is 384 g/mol. The van der Waals surface area contributed by atoms with Crippen molar-refractivity contribution in [2.45, 2.75) is 38.7 Å². The van der Waals surface area contributed by atoms with Gasteiger partial charge in [-0.05, 0) is 55.5 Å². The van der Waals surface area contributed by atoms with E-state index in [-0.39, 0.29) is 17.8 Å². The number of hydrogen-bond acceptors (Lipinski definition) is 6. The molecule has 0 unspecified atom stereocenters. The molecule has 2 heterocycles. The van der Waals surface area contributed by atoms with Gasteiger partial charge in [-0.2, -0.15) is 0 Å². The lowest BCUT2D eigenvalue weighted by Crippen LogP contribution is -2.23. The molecule has 6 nitrogen and oxygen atoms in total.